The summed E-state index contributed by atoms with van der Waals surface area (Å²) in [7, 11) is 3.67. The molecule has 152 valence electrons. The van der Waals surface area contributed by atoms with Crippen LogP contribution in [0.1, 0.15) is 46.3 Å². The number of nitrogens with zero attached hydrogens (tertiary/aromatic N) is 2. The van der Waals surface area contributed by atoms with Crippen LogP contribution in [0.2, 0.25) is 0 Å². The van der Waals surface area contributed by atoms with Gasteiger partial charge in [-0.2, -0.15) is 5.26 Å². The number of nitriles is 1. The first-order valence-corrected chi connectivity index (χ1v) is 10.3. The van der Waals surface area contributed by atoms with Crippen molar-refractivity contribution in [3.8, 4) is 6.07 Å². The molecule has 1 aliphatic rings. The molecule has 29 heavy (non-hydrogen) atoms. The van der Waals surface area contributed by atoms with Gasteiger partial charge in [-0.1, -0.05) is 0 Å². The lowest BCUT2D eigenvalue weighted by Crippen LogP contribution is -2.16. The normalized spacial score (nSPS) is 13.4. The summed E-state index contributed by atoms with van der Waals surface area (Å²) >= 11 is 1.39. The highest BCUT2D eigenvalue weighted by Crippen LogP contribution is 2.38. The topological polar surface area (TPSA) is 95.6 Å². The largest absolute Gasteiger partial charge is 0.462 e. The highest BCUT2D eigenvalue weighted by molar-refractivity contribution is 7.17. The molecule has 0 aliphatic heterocycles. The van der Waals surface area contributed by atoms with Gasteiger partial charge in [0.15, 0.2) is 5.88 Å². The quantitative estimate of drug-likeness (QED) is 0.437. The fourth-order valence-corrected chi connectivity index (χ4v) is 4.47. The van der Waals surface area contributed by atoms with Gasteiger partial charge in [-0.15, -0.1) is 11.3 Å². The zero-order valence-corrected chi connectivity index (χ0v) is 17.5. The molecule has 0 fully saturated rings. The first kappa shape index (κ1) is 20.7. The zero-order valence-electron chi connectivity index (χ0n) is 16.7. The summed E-state index contributed by atoms with van der Waals surface area (Å²) in [5, 5.41) is 12.6. The molecule has 0 radical (unpaired) electrons. The lowest BCUT2D eigenvalue weighted by molar-refractivity contribution is -0.112. The SMILES string of the molecule is CCOC(=O)c1c(NC(=O)C(C#N)=Cc2ccc(N(C)C)o2)sc2c1CCCC2. The van der Waals surface area contributed by atoms with Gasteiger partial charge in [-0.05, 0) is 44.2 Å². The van der Waals surface area contributed by atoms with E-state index in [0.29, 0.717) is 22.2 Å². The maximum absolute atomic E-state index is 12.7. The van der Waals surface area contributed by atoms with Crippen LogP contribution >= 0.6 is 11.3 Å². The number of nitrogens with one attached hydrogen (secondary N) is 1. The van der Waals surface area contributed by atoms with Crippen molar-refractivity contribution in [3.63, 3.8) is 0 Å². The first-order valence-electron chi connectivity index (χ1n) is 9.46. The molecular formula is C21H23N3O4S. The Morgan fingerprint density at radius 3 is 2.76 bits per heavy atom. The number of aryl methyl sites for hydroxylation is 1. The molecule has 0 saturated heterocycles. The second-order valence-corrected chi connectivity index (χ2v) is 7.94. The molecule has 2 aromatic rings. The Labute approximate surface area is 173 Å². The Morgan fingerprint density at radius 1 is 1.34 bits per heavy atom. The molecule has 0 bridgehead atoms. The van der Waals surface area contributed by atoms with Crippen molar-refractivity contribution in [2.45, 2.75) is 32.6 Å². The van der Waals surface area contributed by atoms with Crippen LogP contribution in [-0.4, -0.2) is 32.6 Å². The molecule has 1 N–H and O–H groups in total. The van der Waals surface area contributed by atoms with Gasteiger partial charge in [0.25, 0.3) is 5.91 Å². The number of hydrogen-bond donors (Lipinski definition) is 1. The number of anilines is 2. The van der Waals surface area contributed by atoms with E-state index in [0.717, 1.165) is 36.1 Å². The number of fused-ring (bicyclic) bond motifs is 1. The standard InChI is InChI=1S/C21H23N3O4S/c1-4-27-21(26)18-15-7-5-6-8-16(15)29-20(18)23-19(25)13(12-22)11-14-9-10-17(28-14)24(2)3/h9-11H,4-8H2,1-3H3,(H,23,25). The number of furan rings is 1. The molecule has 0 aromatic carbocycles. The molecule has 0 spiro atoms. The van der Waals surface area contributed by atoms with E-state index in [1.165, 1.54) is 17.4 Å². The van der Waals surface area contributed by atoms with Crippen LogP contribution in [0.25, 0.3) is 6.08 Å². The molecule has 7 nitrogen and oxygen atoms in total. The molecule has 3 rings (SSSR count). The number of rotatable bonds is 6. The number of amides is 1. The molecule has 0 atom stereocenters. The lowest BCUT2D eigenvalue weighted by atomic mass is 9.95. The summed E-state index contributed by atoms with van der Waals surface area (Å²) in [6.45, 7) is 2.00. The third-order valence-electron chi connectivity index (χ3n) is 4.58. The van der Waals surface area contributed by atoms with Crippen LogP contribution in [0, 0.1) is 11.3 Å². The van der Waals surface area contributed by atoms with Gasteiger partial charge < -0.3 is 19.4 Å². The smallest absolute Gasteiger partial charge is 0.341 e. The molecule has 1 aliphatic carbocycles. The summed E-state index contributed by atoms with van der Waals surface area (Å²) in [4.78, 5) is 28.1. The number of hydrogen-bond acceptors (Lipinski definition) is 7. The third-order valence-corrected chi connectivity index (χ3v) is 5.79. The van der Waals surface area contributed by atoms with Crippen molar-refractivity contribution < 1.29 is 18.7 Å². The maximum atomic E-state index is 12.7. The predicted octanol–water partition coefficient (Wildman–Crippen LogP) is 4.01. The van der Waals surface area contributed by atoms with Gasteiger partial charge in [0.1, 0.15) is 22.4 Å². The minimum atomic E-state index is -0.584. The molecular weight excluding hydrogens is 390 g/mol. The summed E-state index contributed by atoms with van der Waals surface area (Å²) in [5.41, 5.74) is 1.27. The summed E-state index contributed by atoms with van der Waals surface area (Å²) < 4.78 is 10.8. The van der Waals surface area contributed by atoms with Gasteiger partial charge in [0, 0.05) is 31.1 Å². The Balaban J connectivity index is 1.88. The van der Waals surface area contributed by atoms with Gasteiger partial charge in [0.05, 0.1) is 12.2 Å². The molecule has 1 amide bonds. The molecule has 2 heterocycles. The van der Waals surface area contributed by atoms with Crippen molar-refractivity contribution in [2.24, 2.45) is 0 Å². The molecule has 8 heteroatoms. The Bertz CT molecular complexity index is 994. The monoisotopic (exact) mass is 413 g/mol. The van der Waals surface area contributed by atoms with Gasteiger partial charge >= 0.3 is 5.97 Å². The predicted molar refractivity (Wildman–Crippen MR) is 112 cm³/mol. The summed E-state index contributed by atoms with van der Waals surface area (Å²) in [6.07, 6.45) is 5.11. The maximum Gasteiger partial charge on any atom is 0.341 e. The van der Waals surface area contributed by atoms with Crippen LogP contribution in [0.5, 0.6) is 0 Å². The fourth-order valence-electron chi connectivity index (χ4n) is 3.19. The second kappa shape index (κ2) is 8.97. The Kier molecular flexibility index (Phi) is 6.39. The molecule has 0 saturated carbocycles. The van der Waals surface area contributed by atoms with E-state index in [1.807, 2.05) is 20.2 Å². The Hall–Kier alpha value is -3.05. The number of carbonyl (C=O) groups excluding carboxylic acids is 2. The van der Waals surface area contributed by atoms with E-state index in [-0.39, 0.29) is 12.2 Å². The number of thiophene rings is 1. The minimum absolute atomic E-state index is 0.106. The van der Waals surface area contributed by atoms with Crippen molar-refractivity contribution >= 4 is 40.2 Å². The Morgan fingerprint density at radius 2 is 2.10 bits per heavy atom. The van der Waals surface area contributed by atoms with E-state index in [4.69, 9.17) is 9.15 Å². The van der Waals surface area contributed by atoms with Gasteiger partial charge in [-0.3, -0.25) is 4.79 Å². The second-order valence-electron chi connectivity index (χ2n) is 6.83. The average Bonchev–Trinajstić information content (AvgIpc) is 3.30. The van der Waals surface area contributed by atoms with E-state index in [1.54, 1.807) is 24.0 Å². The van der Waals surface area contributed by atoms with Crippen molar-refractivity contribution in [3.05, 3.63) is 39.5 Å². The van der Waals surface area contributed by atoms with Gasteiger partial charge in [-0.25, -0.2) is 4.79 Å². The number of carbonyl (C=O) groups is 2. The van der Waals surface area contributed by atoms with E-state index < -0.39 is 11.9 Å². The van der Waals surface area contributed by atoms with Crippen molar-refractivity contribution in [1.82, 2.24) is 0 Å². The molecule has 2 aromatic heterocycles. The highest BCUT2D eigenvalue weighted by Gasteiger charge is 2.27. The number of esters is 1. The van der Waals surface area contributed by atoms with Crippen LogP contribution < -0.4 is 10.2 Å². The van der Waals surface area contributed by atoms with Gasteiger partial charge in [0.2, 0.25) is 0 Å². The van der Waals surface area contributed by atoms with Crippen LogP contribution in [0.4, 0.5) is 10.9 Å². The fraction of sp³-hybridized carbons (Fsp3) is 0.381. The van der Waals surface area contributed by atoms with Crippen molar-refractivity contribution in [1.29, 1.82) is 5.26 Å². The molecule has 0 unspecified atom stereocenters. The van der Waals surface area contributed by atoms with Crippen LogP contribution in [0.15, 0.2) is 22.1 Å². The minimum Gasteiger partial charge on any atom is -0.462 e. The van der Waals surface area contributed by atoms with Crippen LogP contribution in [-0.2, 0) is 22.4 Å². The zero-order chi connectivity index (χ0) is 21.0. The van der Waals surface area contributed by atoms with E-state index >= 15 is 0 Å². The van der Waals surface area contributed by atoms with Crippen molar-refractivity contribution in [2.75, 3.05) is 30.9 Å². The highest BCUT2D eigenvalue weighted by atomic mass is 32.1. The average molecular weight is 413 g/mol. The van der Waals surface area contributed by atoms with Crippen LogP contribution in [0.3, 0.4) is 0 Å². The first-order chi connectivity index (χ1) is 13.9. The number of ether oxygens (including phenoxy) is 1. The summed E-state index contributed by atoms with van der Waals surface area (Å²) in [6, 6.07) is 5.35. The summed E-state index contributed by atoms with van der Waals surface area (Å²) in [5.74, 6) is -0.00763. The third kappa shape index (κ3) is 4.51. The van der Waals surface area contributed by atoms with E-state index in [2.05, 4.69) is 5.32 Å². The lowest BCUT2D eigenvalue weighted by Gasteiger charge is -2.12. The van der Waals surface area contributed by atoms with E-state index in [9.17, 15) is 14.9 Å².